The number of amides is 1. The zero-order valence-electron chi connectivity index (χ0n) is 19.6. The first kappa shape index (κ1) is 22.5. The van der Waals surface area contributed by atoms with Crippen LogP contribution in [0.15, 0.2) is 88.6 Å². The molecule has 176 valence electrons. The molecule has 0 saturated heterocycles. The van der Waals surface area contributed by atoms with Gasteiger partial charge in [0.1, 0.15) is 12.2 Å². The molecule has 2 heterocycles. The fourth-order valence-electron chi connectivity index (χ4n) is 4.51. The quantitative estimate of drug-likeness (QED) is 0.321. The van der Waals surface area contributed by atoms with Crippen LogP contribution in [0.4, 0.5) is 5.69 Å². The Morgan fingerprint density at radius 3 is 2.60 bits per heavy atom. The third kappa shape index (κ3) is 3.87. The minimum absolute atomic E-state index is 0.0603. The van der Waals surface area contributed by atoms with Crippen LogP contribution in [-0.2, 0) is 0 Å². The van der Waals surface area contributed by atoms with E-state index in [9.17, 15) is 9.59 Å². The molecule has 35 heavy (non-hydrogen) atoms. The predicted molar refractivity (Wildman–Crippen MR) is 136 cm³/mol. The van der Waals surface area contributed by atoms with E-state index in [2.05, 4.69) is 6.58 Å². The van der Waals surface area contributed by atoms with Crippen LogP contribution in [0.25, 0.3) is 11.0 Å². The number of carbonyl (C=O) groups excluding carboxylic acids is 1. The van der Waals surface area contributed by atoms with Crippen LogP contribution in [0, 0.1) is 6.92 Å². The Balaban J connectivity index is 1.75. The molecule has 4 aromatic rings. The molecule has 1 aliphatic rings. The second kappa shape index (κ2) is 9.14. The van der Waals surface area contributed by atoms with Gasteiger partial charge in [-0.1, -0.05) is 43.0 Å². The summed E-state index contributed by atoms with van der Waals surface area (Å²) in [6.07, 6.45) is 1.66. The summed E-state index contributed by atoms with van der Waals surface area (Å²) < 4.78 is 17.6. The lowest BCUT2D eigenvalue weighted by molar-refractivity contribution is 0.0971. The van der Waals surface area contributed by atoms with Gasteiger partial charge in [-0.25, -0.2) is 0 Å². The largest absolute Gasteiger partial charge is 0.490 e. The number of aryl methyl sites for hydroxylation is 1. The molecule has 0 saturated carbocycles. The Morgan fingerprint density at radius 1 is 1.00 bits per heavy atom. The average molecular weight is 468 g/mol. The molecule has 0 N–H and O–H groups in total. The molecule has 5 rings (SSSR count). The highest BCUT2D eigenvalue weighted by atomic mass is 16.5. The van der Waals surface area contributed by atoms with Crippen LogP contribution in [0.1, 0.15) is 40.2 Å². The number of hydrogen-bond donors (Lipinski definition) is 0. The van der Waals surface area contributed by atoms with Gasteiger partial charge in [-0.3, -0.25) is 14.5 Å². The molecular weight excluding hydrogens is 442 g/mol. The lowest BCUT2D eigenvalue weighted by Gasteiger charge is -2.26. The minimum atomic E-state index is -0.687. The minimum Gasteiger partial charge on any atom is -0.490 e. The fraction of sp³-hybridized carbons (Fsp3) is 0.172. The molecule has 0 radical (unpaired) electrons. The number of carbonyl (C=O) groups is 1. The van der Waals surface area contributed by atoms with Crippen LogP contribution in [0.5, 0.6) is 11.5 Å². The van der Waals surface area contributed by atoms with E-state index >= 15 is 0 Å². The molecule has 0 spiro atoms. The molecule has 1 aliphatic heterocycles. The topological polar surface area (TPSA) is 69.0 Å². The summed E-state index contributed by atoms with van der Waals surface area (Å²) >= 11 is 0. The molecular formula is C29H25NO5. The number of fused-ring (bicyclic) bond motifs is 2. The Bertz CT molecular complexity index is 1500. The maximum atomic E-state index is 13.7. The van der Waals surface area contributed by atoms with E-state index in [4.69, 9.17) is 13.9 Å². The van der Waals surface area contributed by atoms with E-state index in [0.29, 0.717) is 46.9 Å². The Morgan fingerprint density at radius 2 is 1.83 bits per heavy atom. The maximum Gasteiger partial charge on any atom is 0.295 e. The SMILES string of the molecule is C=CCOc1ccc(C2c3c(oc4ccccc4c3=O)C(=O)N2c2cccc(C)c2)cc1OCC. The third-order valence-electron chi connectivity index (χ3n) is 6.00. The van der Waals surface area contributed by atoms with Gasteiger partial charge in [0, 0.05) is 5.69 Å². The highest BCUT2D eigenvalue weighted by molar-refractivity contribution is 6.10. The fourth-order valence-corrected chi connectivity index (χ4v) is 4.51. The number of benzene rings is 3. The molecule has 6 nitrogen and oxygen atoms in total. The number of ether oxygens (including phenoxy) is 2. The number of anilines is 1. The van der Waals surface area contributed by atoms with Gasteiger partial charge in [0.15, 0.2) is 16.9 Å². The molecule has 1 aromatic heterocycles. The van der Waals surface area contributed by atoms with E-state index in [0.717, 1.165) is 11.1 Å². The summed E-state index contributed by atoms with van der Waals surface area (Å²) in [5.41, 5.74) is 2.88. The second-order valence-electron chi connectivity index (χ2n) is 8.33. The maximum absolute atomic E-state index is 13.7. The summed E-state index contributed by atoms with van der Waals surface area (Å²) in [6, 6.07) is 19.4. The van der Waals surface area contributed by atoms with Crippen LogP contribution < -0.4 is 19.8 Å². The van der Waals surface area contributed by atoms with Crippen LogP contribution >= 0.6 is 0 Å². The van der Waals surface area contributed by atoms with Crippen molar-refractivity contribution in [3.8, 4) is 11.5 Å². The van der Waals surface area contributed by atoms with Crippen molar-refractivity contribution >= 4 is 22.6 Å². The van der Waals surface area contributed by atoms with E-state index in [-0.39, 0.29) is 17.1 Å². The molecule has 0 aliphatic carbocycles. The first-order valence-electron chi connectivity index (χ1n) is 11.5. The van der Waals surface area contributed by atoms with Crippen LogP contribution in [0.2, 0.25) is 0 Å². The Labute approximate surface area is 203 Å². The molecule has 3 aromatic carbocycles. The van der Waals surface area contributed by atoms with Crippen molar-refractivity contribution in [1.29, 1.82) is 0 Å². The highest BCUT2D eigenvalue weighted by Crippen LogP contribution is 2.43. The first-order valence-corrected chi connectivity index (χ1v) is 11.5. The van der Waals surface area contributed by atoms with Crippen molar-refractivity contribution in [1.82, 2.24) is 0 Å². The van der Waals surface area contributed by atoms with Crippen molar-refractivity contribution in [3.63, 3.8) is 0 Å². The van der Waals surface area contributed by atoms with Crippen molar-refractivity contribution in [2.24, 2.45) is 0 Å². The zero-order valence-corrected chi connectivity index (χ0v) is 19.6. The standard InChI is InChI=1S/C29H25NO5/c1-4-15-34-23-14-13-19(17-24(23)33-5-2)26-25-27(31)21-11-6-7-12-22(21)35-28(25)29(32)30(26)20-10-8-9-18(3)16-20/h4,6-14,16-17,26H,1,5,15H2,2-3H3. The van der Waals surface area contributed by atoms with Crippen molar-refractivity contribution in [2.75, 3.05) is 18.1 Å². The van der Waals surface area contributed by atoms with Gasteiger partial charge in [-0.2, -0.15) is 0 Å². The van der Waals surface area contributed by atoms with Crippen molar-refractivity contribution in [3.05, 3.63) is 112 Å². The zero-order chi connectivity index (χ0) is 24.5. The molecule has 1 amide bonds. The predicted octanol–water partition coefficient (Wildman–Crippen LogP) is 5.81. The van der Waals surface area contributed by atoms with E-state index in [1.54, 1.807) is 41.3 Å². The van der Waals surface area contributed by atoms with Crippen LogP contribution in [0.3, 0.4) is 0 Å². The Kier molecular flexibility index (Phi) is 5.87. The molecule has 1 unspecified atom stereocenters. The third-order valence-corrected chi connectivity index (χ3v) is 6.00. The number of nitrogens with zero attached hydrogens (tertiary/aromatic N) is 1. The van der Waals surface area contributed by atoms with Gasteiger partial charge in [0.2, 0.25) is 5.76 Å². The van der Waals surface area contributed by atoms with Gasteiger partial charge in [0.25, 0.3) is 5.91 Å². The van der Waals surface area contributed by atoms with Gasteiger partial charge in [-0.15, -0.1) is 0 Å². The second-order valence-corrected chi connectivity index (χ2v) is 8.33. The normalized spacial score (nSPS) is 14.7. The first-order chi connectivity index (χ1) is 17.0. The summed E-state index contributed by atoms with van der Waals surface area (Å²) in [5.74, 6) is 0.795. The van der Waals surface area contributed by atoms with E-state index < -0.39 is 6.04 Å². The highest BCUT2D eigenvalue weighted by Gasteiger charge is 2.44. The monoisotopic (exact) mass is 467 g/mol. The number of hydrogen-bond acceptors (Lipinski definition) is 5. The lowest BCUT2D eigenvalue weighted by atomic mass is 9.97. The van der Waals surface area contributed by atoms with E-state index in [1.165, 1.54) is 0 Å². The van der Waals surface area contributed by atoms with Gasteiger partial charge >= 0.3 is 0 Å². The van der Waals surface area contributed by atoms with E-state index in [1.807, 2.05) is 50.2 Å². The van der Waals surface area contributed by atoms with Crippen molar-refractivity contribution < 1.29 is 18.7 Å². The van der Waals surface area contributed by atoms with Gasteiger partial charge < -0.3 is 13.9 Å². The molecule has 0 bridgehead atoms. The molecule has 0 fully saturated rings. The van der Waals surface area contributed by atoms with Gasteiger partial charge in [0.05, 0.1) is 23.6 Å². The summed E-state index contributed by atoms with van der Waals surface area (Å²) in [4.78, 5) is 29.1. The van der Waals surface area contributed by atoms with Crippen LogP contribution in [-0.4, -0.2) is 19.1 Å². The summed E-state index contributed by atoms with van der Waals surface area (Å²) in [7, 11) is 0. The lowest BCUT2D eigenvalue weighted by Crippen LogP contribution is -2.29. The number of para-hydroxylation sites is 1. The molecule has 1 atom stereocenters. The molecule has 6 heteroatoms. The summed E-state index contributed by atoms with van der Waals surface area (Å²) in [5, 5.41) is 0.436. The average Bonchev–Trinajstić information content (AvgIpc) is 3.16. The van der Waals surface area contributed by atoms with Crippen molar-refractivity contribution in [2.45, 2.75) is 19.9 Å². The number of rotatable bonds is 7. The smallest absolute Gasteiger partial charge is 0.295 e. The van der Waals surface area contributed by atoms with Gasteiger partial charge in [-0.05, 0) is 61.4 Å². The Hall–Kier alpha value is -4.32. The summed E-state index contributed by atoms with van der Waals surface area (Å²) in [6.45, 7) is 8.31.